The highest BCUT2D eigenvalue weighted by Gasteiger charge is 2.22. The van der Waals surface area contributed by atoms with E-state index in [4.69, 9.17) is 18.9 Å². The summed E-state index contributed by atoms with van der Waals surface area (Å²) in [4.78, 5) is 25.3. The molecule has 1 aliphatic heterocycles. The first kappa shape index (κ1) is 18.1. The third-order valence-electron chi connectivity index (χ3n) is 3.83. The third kappa shape index (κ3) is 3.75. The van der Waals surface area contributed by atoms with Crippen LogP contribution in [-0.2, 0) is 9.53 Å². The first-order chi connectivity index (χ1) is 12.5. The predicted molar refractivity (Wildman–Crippen MR) is 96.4 cm³/mol. The average molecular weight is 377 g/mol. The number of benzene rings is 1. The van der Waals surface area contributed by atoms with Crippen molar-refractivity contribution in [1.82, 2.24) is 0 Å². The van der Waals surface area contributed by atoms with Crippen molar-refractivity contribution in [2.24, 2.45) is 0 Å². The van der Waals surface area contributed by atoms with Gasteiger partial charge in [0.25, 0.3) is 5.91 Å². The van der Waals surface area contributed by atoms with E-state index in [1.54, 1.807) is 25.1 Å². The van der Waals surface area contributed by atoms with Crippen molar-refractivity contribution in [1.29, 1.82) is 0 Å². The number of hydrogen-bond acceptors (Lipinski definition) is 7. The number of esters is 1. The quantitative estimate of drug-likeness (QED) is 0.778. The monoisotopic (exact) mass is 377 g/mol. The Labute approximate surface area is 154 Å². The standard InChI is InChI=1S/C18H19NO6S/c1-4-22-18(21)16-10(2)11(3)26-17(16)19-15(20)8-23-12-5-6-13-14(7-12)25-9-24-13/h5-7H,4,8-9H2,1-3H3,(H,19,20). The molecule has 8 heteroatoms. The Kier molecular flexibility index (Phi) is 5.32. The van der Waals surface area contributed by atoms with Crippen molar-refractivity contribution in [3.05, 3.63) is 34.2 Å². The maximum Gasteiger partial charge on any atom is 0.341 e. The maximum atomic E-state index is 12.2. The minimum atomic E-state index is -0.443. The zero-order valence-corrected chi connectivity index (χ0v) is 15.5. The third-order valence-corrected chi connectivity index (χ3v) is 4.95. The number of carbonyl (C=O) groups is 2. The van der Waals surface area contributed by atoms with Crippen molar-refractivity contribution in [2.75, 3.05) is 25.3 Å². The lowest BCUT2D eigenvalue weighted by Crippen LogP contribution is -2.21. The van der Waals surface area contributed by atoms with Crippen molar-refractivity contribution in [2.45, 2.75) is 20.8 Å². The normalized spacial score (nSPS) is 12.0. The van der Waals surface area contributed by atoms with Gasteiger partial charge in [-0.25, -0.2) is 4.79 Å². The molecule has 7 nitrogen and oxygen atoms in total. The van der Waals surface area contributed by atoms with Crippen LogP contribution >= 0.6 is 11.3 Å². The Hall–Kier alpha value is -2.74. The lowest BCUT2D eigenvalue weighted by molar-refractivity contribution is -0.118. The number of rotatable bonds is 6. The summed E-state index contributed by atoms with van der Waals surface area (Å²) < 4.78 is 21.1. The Morgan fingerprint density at radius 1 is 1.23 bits per heavy atom. The van der Waals surface area contributed by atoms with E-state index in [1.807, 2.05) is 13.8 Å². The molecule has 1 N–H and O–H groups in total. The minimum absolute atomic E-state index is 0.174. The number of aryl methyl sites for hydroxylation is 1. The molecule has 0 bridgehead atoms. The number of carbonyl (C=O) groups excluding carboxylic acids is 2. The van der Waals surface area contributed by atoms with E-state index in [0.29, 0.717) is 27.8 Å². The lowest BCUT2D eigenvalue weighted by atomic mass is 10.1. The summed E-state index contributed by atoms with van der Waals surface area (Å²) in [6, 6.07) is 5.09. The molecule has 0 saturated heterocycles. The summed E-state index contributed by atoms with van der Waals surface area (Å²) in [5, 5.41) is 3.20. The second-order valence-electron chi connectivity index (χ2n) is 5.56. The van der Waals surface area contributed by atoms with Gasteiger partial charge in [0.2, 0.25) is 6.79 Å². The van der Waals surface area contributed by atoms with Crippen LogP contribution < -0.4 is 19.5 Å². The molecule has 2 aromatic rings. The van der Waals surface area contributed by atoms with Crippen LogP contribution in [0.25, 0.3) is 0 Å². The summed E-state index contributed by atoms with van der Waals surface area (Å²) in [6.45, 7) is 5.71. The number of anilines is 1. The van der Waals surface area contributed by atoms with Gasteiger partial charge in [0.05, 0.1) is 12.2 Å². The lowest BCUT2D eigenvalue weighted by Gasteiger charge is -2.09. The van der Waals surface area contributed by atoms with Crippen molar-refractivity contribution in [3.8, 4) is 17.2 Å². The molecule has 2 heterocycles. The smallest absolute Gasteiger partial charge is 0.341 e. The van der Waals surface area contributed by atoms with E-state index in [9.17, 15) is 9.59 Å². The van der Waals surface area contributed by atoms with Gasteiger partial charge in [0, 0.05) is 10.9 Å². The Bertz CT molecular complexity index is 844. The fourth-order valence-electron chi connectivity index (χ4n) is 2.44. The molecule has 0 atom stereocenters. The molecule has 0 unspecified atom stereocenters. The fourth-order valence-corrected chi connectivity index (χ4v) is 3.51. The molecular formula is C18H19NO6S. The first-order valence-electron chi connectivity index (χ1n) is 8.09. The SMILES string of the molecule is CCOC(=O)c1c(NC(=O)COc2ccc3c(c2)OCO3)sc(C)c1C. The second-order valence-corrected chi connectivity index (χ2v) is 6.78. The van der Waals surface area contributed by atoms with Crippen molar-refractivity contribution >= 4 is 28.2 Å². The van der Waals surface area contributed by atoms with E-state index < -0.39 is 5.97 Å². The second kappa shape index (κ2) is 7.65. The molecule has 3 rings (SSSR count). The van der Waals surface area contributed by atoms with Gasteiger partial charge >= 0.3 is 5.97 Å². The highest BCUT2D eigenvalue weighted by Crippen LogP contribution is 2.35. The summed E-state index contributed by atoms with van der Waals surface area (Å²) in [6.07, 6.45) is 0. The van der Waals surface area contributed by atoms with Crippen LogP contribution in [0.2, 0.25) is 0 Å². The maximum absolute atomic E-state index is 12.2. The zero-order valence-electron chi connectivity index (χ0n) is 14.7. The molecule has 1 aliphatic rings. The van der Waals surface area contributed by atoms with Crippen LogP contribution in [0.5, 0.6) is 17.2 Å². The summed E-state index contributed by atoms with van der Waals surface area (Å²) >= 11 is 1.34. The molecule has 0 saturated carbocycles. The molecule has 0 radical (unpaired) electrons. The van der Waals surface area contributed by atoms with Crippen molar-refractivity contribution < 1.29 is 28.5 Å². The van der Waals surface area contributed by atoms with Gasteiger partial charge in [-0.3, -0.25) is 4.79 Å². The molecule has 0 aliphatic carbocycles. The largest absolute Gasteiger partial charge is 0.484 e. The van der Waals surface area contributed by atoms with Gasteiger partial charge in [-0.15, -0.1) is 11.3 Å². The molecule has 0 spiro atoms. The molecule has 1 aromatic carbocycles. The van der Waals surface area contributed by atoms with Gasteiger partial charge in [-0.1, -0.05) is 0 Å². The highest BCUT2D eigenvalue weighted by molar-refractivity contribution is 7.16. The Morgan fingerprint density at radius 3 is 2.77 bits per heavy atom. The summed E-state index contributed by atoms with van der Waals surface area (Å²) in [5.74, 6) is 0.909. The summed E-state index contributed by atoms with van der Waals surface area (Å²) in [7, 11) is 0. The van der Waals surface area contributed by atoms with E-state index in [0.717, 1.165) is 10.4 Å². The topological polar surface area (TPSA) is 83.1 Å². The number of fused-ring (bicyclic) bond motifs is 1. The minimum Gasteiger partial charge on any atom is -0.484 e. The van der Waals surface area contributed by atoms with E-state index in [-0.39, 0.29) is 25.9 Å². The van der Waals surface area contributed by atoms with Crippen LogP contribution in [0.1, 0.15) is 27.7 Å². The van der Waals surface area contributed by atoms with Crippen LogP contribution in [0.15, 0.2) is 18.2 Å². The van der Waals surface area contributed by atoms with Gasteiger partial charge in [-0.05, 0) is 38.5 Å². The zero-order chi connectivity index (χ0) is 18.7. The molecule has 0 fully saturated rings. The van der Waals surface area contributed by atoms with E-state index in [2.05, 4.69) is 5.32 Å². The van der Waals surface area contributed by atoms with Gasteiger partial charge in [0.1, 0.15) is 10.8 Å². The number of hydrogen-bond donors (Lipinski definition) is 1. The van der Waals surface area contributed by atoms with E-state index >= 15 is 0 Å². The molecule has 1 aromatic heterocycles. The van der Waals surface area contributed by atoms with E-state index in [1.165, 1.54) is 11.3 Å². The van der Waals surface area contributed by atoms with Crippen LogP contribution in [0.3, 0.4) is 0 Å². The van der Waals surface area contributed by atoms with Crippen molar-refractivity contribution in [3.63, 3.8) is 0 Å². The molecule has 26 heavy (non-hydrogen) atoms. The van der Waals surface area contributed by atoms with Gasteiger partial charge < -0.3 is 24.3 Å². The predicted octanol–water partition coefficient (Wildman–Crippen LogP) is 3.29. The summed E-state index contributed by atoms with van der Waals surface area (Å²) in [5.41, 5.74) is 1.20. The van der Waals surface area contributed by atoms with Crippen LogP contribution in [0, 0.1) is 13.8 Å². The Balaban J connectivity index is 1.65. The first-order valence-corrected chi connectivity index (χ1v) is 8.90. The number of amides is 1. The molecular weight excluding hydrogens is 358 g/mol. The highest BCUT2D eigenvalue weighted by atomic mass is 32.1. The molecule has 1 amide bonds. The number of nitrogens with one attached hydrogen (secondary N) is 1. The molecule has 138 valence electrons. The van der Waals surface area contributed by atoms with Crippen LogP contribution in [0.4, 0.5) is 5.00 Å². The number of thiophene rings is 1. The number of ether oxygens (including phenoxy) is 4. The fraction of sp³-hybridized carbons (Fsp3) is 0.333. The van der Waals surface area contributed by atoms with Gasteiger partial charge in [-0.2, -0.15) is 0 Å². The van der Waals surface area contributed by atoms with Crippen LogP contribution in [-0.4, -0.2) is 31.9 Å². The van der Waals surface area contributed by atoms with Gasteiger partial charge in [0.15, 0.2) is 18.1 Å². The average Bonchev–Trinajstić information content (AvgIpc) is 3.17. The Morgan fingerprint density at radius 2 is 2.00 bits per heavy atom.